The monoisotopic (exact) mass is 592 g/mol. The summed E-state index contributed by atoms with van der Waals surface area (Å²) in [6.07, 6.45) is 9.24. The summed E-state index contributed by atoms with van der Waals surface area (Å²) in [6, 6.07) is 6.97. The highest BCUT2D eigenvalue weighted by Crippen LogP contribution is 2.38. The van der Waals surface area contributed by atoms with Crippen molar-refractivity contribution < 1.29 is 9.47 Å². The van der Waals surface area contributed by atoms with Crippen molar-refractivity contribution >= 4 is 33.7 Å². The van der Waals surface area contributed by atoms with Gasteiger partial charge in [0.1, 0.15) is 11.3 Å². The number of aromatic nitrogens is 7. The number of hydrogen-bond acceptors (Lipinski definition) is 10. The van der Waals surface area contributed by atoms with E-state index in [0.29, 0.717) is 12.1 Å². The van der Waals surface area contributed by atoms with Gasteiger partial charge in [0.05, 0.1) is 54.4 Å². The van der Waals surface area contributed by atoms with Crippen LogP contribution in [0, 0.1) is 6.92 Å². The molecule has 4 saturated heterocycles. The summed E-state index contributed by atoms with van der Waals surface area (Å²) in [7, 11) is 3.81. The first-order valence-electron chi connectivity index (χ1n) is 15.6. The minimum atomic E-state index is 0.246. The number of aryl methyl sites for hydroxylation is 2. The predicted molar refractivity (Wildman–Crippen MR) is 168 cm³/mol. The first-order valence-corrected chi connectivity index (χ1v) is 15.6. The van der Waals surface area contributed by atoms with Crippen molar-refractivity contribution in [2.24, 2.45) is 7.05 Å². The summed E-state index contributed by atoms with van der Waals surface area (Å²) < 4.78 is 15.8. The van der Waals surface area contributed by atoms with Crippen LogP contribution in [-0.4, -0.2) is 104 Å². The van der Waals surface area contributed by atoms with Crippen LogP contribution >= 0.6 is 0 Å². The van der Waals surface area contributed by atoms with Crippen molar-refractivity contribution in [1.82, 2.24) is 39.2 Å². The number of nitrogens with zero attached hydrogens (tertiary/aromatic N) is 10. The second-order valence-electron chi connectivity index (χ2n) is 12.6. The lowest BCUT2D eigenvalue weighted by atomic mass is 10.1. The molecule has 0 spiro atoms. The molecular formula is C32H36N10O2. The molecule has 3 atom stereocenters. The largest absolute Gasteiger partial charge is 0.496 e. The van der Waals surface area contributed by atoms with Gasteiger partial charge in [0.15, 0.2) is 11.6 Å². The van der Waals surface area contributed by atoms with Gasteiger partial charge in [0.25, 0.3) is 0 Å². The van der Waals surface area contributed by atoms with Gasteiger partial charge in [-0.25, -0.2) is 14.6 Å². The molecule has 0 aliphatic carbocycles. The first-order chi connectivity index (χ1) is 21.6. The second-order valence-corrected chi connectivity index (χ2v) is 12.6. The quantitative estimate of drug-likeness (QED) is 0.302. The van der Waals surface area contributed by atoms with Crippen molar-refractivity contribution in [3.05, 3.63) is 42.5 Å². The van der Waals surface area contributed by atoms with Crippen molar-refractivity contribution in [3.63, 3.8) is 0 Å². The van der Waals surface area contributed by atoms with Crippen LogP contribution in [0.1, 0.15) is 25.0 Å². The Labute approximate surface area is 255 Å². The van der Waals surface area contributed by atoms with E-state index in [0.717, 1.165) is 101 Å². The summed E-state index contributed by atoms with van der Waals surface area (Å²) in [6.45, 7) is 7.90. The lowest BCUT2D eigenvalue weighted by Crippen LogP contribution is -2.50. The number of piperazine rings is 1. The number of rotatable bonds is 5. The van der Waals surface area contributed by atoms with Gasteiger partial charge in [-0.2, -0.15) is 5.10 Å². The Balaban J connectivity index is 1.21. The van der Waals surface area contributed by atoms with Crippen molar-refractivity contribution in [3.8, 4) is 22.8 Å². The zero-order chi connectivity index (χ0) is 29.5. The molecule has 12 heteroatoms. The van der Waals surface area contributed by atoms with E-state index in [9.17, 15) is 0 Å². The van der Waals surface area contributed by atoms with E-state index in [1.165, 1.54) is 19.4 Å². The molecular weight excluding hydrogens is 556 g/mol. The lowest BCUT2D eigenvalue weighted by Gasteiger charge is -2.37. The van der Waals surface area contributed by atoms with Crippen LogP contribution in [0.25, 0.3) is 39.0 Å². The number of methoxy groups -OCH3 is 1. The van der Waals surface area contributed by atoms with E-state index in [-0.39, 0.29) is 6.10 Å². The predicted octanol–water partition coefficient (Wildman–Crippen LogP) is 3.34. The molecule has 4 fully saturated rings. The zero-order valence-electron chi connectivity index (χ0n) is 25.3. The molecule has 4 aliphatic rings. The van der Waals surface area contributed by atoms with Gasteiger partial charge in [-0.05, 0) is 44.9 Å². The molecule has 226 valence electrons. The highest BCUT2D eigenvalue weighted by molar-refractivity contribution is 5.92. The van der Waals surface area contributed by atoms with Gasteiger partial charge >= 0.3 is 0 Å². The maximum Gasteiger partial charge on any atom is 0.206 e. The summed E-state index contributed by atoms with van der Waals surface area (Å²) in [5.74, 6) is 3.42. The molecule has 5 aromatic rings. The molecule has 2 bridgehead atoms. The molecule has 44 heavy (non-hydrogen) atoms. The molecule has 0 radical (unpaired) electrons. The highest BCUT2D eigenvalue weighted by Gasteiger charge is 2.41. The molecule has 12 nitrogen and oxygen atoms in total. The Bertz CT molecular complexity index is 1920. The summed E-state index contributed by atoms with van der Waals surface area (Å²) >= 11 is 0. The smallest absolute Gasteiger partial charge is 0.206 e. The third-order valence-corrected chi connectivity index (χ3v) is 10.1. The molecule has 5 aromatic heterocycles. The second kappa shape index (κ2) is 9.86. The highest BCUT2D eigenvalue weighted by atomic mass is 16.5. The van der Waals surface area contributed by atoms with Gasteiger partial charge in [0.2, 0.25) is 5.95 Å². The molecule has 4 aliphatic heterocycles. The minimum absolute atomic E-state index is 0.246. The van der Waals surface area contributed by atoms with Crippen LogP contribution in [0.3, 0.4) is 0 Å². The van der Waals surface area contributed by atoms with Gasteiger partial charge in [-0.15, -0.1) is 0 Å². The number of imidazole rings is 1. The summed E-state index contributed by atoms with van der Waals surface area (Å²) in [4.78, 5) is 27.4. The number of hydrogen-bond donors (Lipinski definition) is 0. The number of ether oxygens (including phenoxy) is 2. The van der Waals surface area contributed by atoms with Crippen molar-refractivity contribution in [1.29, 1.82) is 0 Å². The molecule has 0 saturated carbocycles. The van der Waals surface area contributed by atoms with Gasteiger partial charge < -0.3 is 23.8 Å². The van der Waals surface area contributed by atoms with Crippen LogP contribution in [-0.2, 0) is 11.8 Å². The molecule has 0 aromatic carbocycles. The third-order valence-electron chi connectivity index (χ3n) is 10.1. The zero-order valence-corrected chi connectivity index (χ0v) is 25.3. The van der Waals surface area contributed by atoms with E-state index in [1.807, 2.05) is 23.9 Å². The Morgan fingerprint density at radius 2 is 1.93 bits per heavy atom. The Kier molecular flexibility index (Phi) is 5.86. The van der Waals surface area contributed by atoms with Crippen LogP contribution in [0.5, 0.6) is 5.75 Å². The fourth-order valence-electron chi connectivity index (χ4n) is 7.82. The molecule has 0 unspecified atom stereocenters. The molecule has 0 amide bonds. The van der Waals surface area contributed by atoms with Crippen LogP contribution < -0.4 is 14.5 Å². The average molecular weight is 593 g/mol. The van der Waals surface area contributed by atoms with E-state index >= 15 is 0 Å². The van der Waals surface area contributed by atoms with Crippen molar-refractivity contribution in [2.75, 3.05) is 56.2 Å². The maximum atomic E-state index is 5.98. The lowest BCUT2D eigenvalue weighted by molar-refractivity contribution is 0.0989. The van der Waals surface area contributed by atoms with E-state index in [2.05, 4.69) is 43.4 Å². The third kappa shape index (κ3) is 3.93. The average Bonchev–Trinajstić information content (AvgIpc) is 3.89. The summed E-state index contributed by atoms with van der Waals surface area (Å²) in [5.41, 5.74) is 5.44. The fourth-order valence-corrected chi connectivity index (χ4v) is 7.82. The number of anilines is 2. The van der Waals surface area contributed by atoms with E-state index in [1.54, 1.807) is 19.5 Å². The molecule has 9 heterocycles. The van der Waals surface area contributed by atoms with Gasteiger partial charge in [-0.3, -0.25) is 14.9 Å². The SMILES string of the molecule is COc1ccncc1-c1cc2c(cnn2-c2cc3c(nc(N4CCN5CCC[C@@H]5C4)n3C)c(N3C[C@H]4C[C@@H]3CO4)n2)c(C)n1. The van der Waals surface area contributed by atoms with Crippen LogP contribution in [0.4, 0.5) is 11.8 Å². The van der Waals surface area contributed by atoms with Crippen LogP contribution in [0.15, 0.2) is 36.8 Å². The molecule has 0 N–H and O–H groups in total. The maximum absolute atomic E-state index is 5.98. The Hall–Kier alpha value is -4.29. The standard InChI is InChI=1S/C32H36N10O2/c1-19-23-15-34-42(26(23)12-25(35-19)24-14-33-7-6-28(24)43-3)29-13-27-30(31(36-29)41-17-22-11-21(41)18-44-22)37-32(38(27)2)40-10-9-39-8-4-5-20(39)16-40/h6-7,12-15,20-22H,4-5,8-11,16-18H2,1-3H3/t20-,21-,22-/m1/s1. The number of morpholine rings is 1. The summed E-state index contributed by atoms with van der Waals surface area (Å²) in [5, 5.41) is 5.85. The first kappa shape index (κ1) is 26.1. The fraction of sp³-hybridized carbons (Fsp3) is 0.469. The number of pyridine rings is 3. The number of fused-ring (bicyclic) bond motifs is 5. The van der Waals surface area contributed by atoms with Gasteiger partial charge in [0, 0.05) is 68.8 Å². The Morgan fingerprint density at radius 1 is 1.00 bits per heavy atom. The minimum Gasteiger partial charge on any atom is -0.496 e. The topological polar surface area (TPSA) is 102 Å². The van der Waals surface area contributed by atoms with E-state index in [4.69, 9.17) is 29.5 Å². The van der Waals surface area contributed by atoms with E-state index < -0.39 is 0 Å². The Morgan fingerprint density at radius 3 is 2.77 bits per heavy atom. The van der Waals surface area contributed by atoms with Crippen LogP contribution in [0.2, 0.25) is 0 Å². The van der Waals surface area contributed by atoms with Crippen molar-refractivity contribution in [2.45, 2.75) is 44.4 Å². The van der Waals surface area contributed by atoms with Gasteiger partial charge in [-0.1, -0.05) is 0 Å². The molecule has 9 rings (SSSR count). The normalized spacial score (nSPS) is 23.4.